The van der Waals surface area contributed by atoms with Crippen LogP contribution in [0, 0.1) is 0 Å². The van der Waals surface area contributed by atoms with Gasteiger partial charge in [0.25, 0.3) is 0 Å². The Morgan fingerprint density at radius 2 is 2.31 bits per heavy atom. The van der Waals surface area contributed by atoms with Crippen molar-refractivity contribution in [3.05, 3.63) is 18.2 Å². The van der Waals surface area contributed by atoms with E-state index < -0.39 is 0 Å². The summed E-state index contributed by atoms with van der Waals surface area (Å²) in [7, 11) is 0. The summed E-state index contributed by atoms with van der Waals surface area (Å²) < 4.78 is 12.4. The first kappa shape index (κ1) is 11.3. The molecule has 1 aromatic rings. The number of Topliss-reactive ketones (excluding diaryl/α,β-unsaturated/α-hetero) is 1. The lowest BCUT2D eigenvalue weighted by molar-refractivity contribution is -0.0409. The third kappa shape index (κ3) is 2.48. The van der Waals surface area contributed by atoms with Crippen LogP contribution in [0.2, 0.25) is 0 Å². The highest BCUT2D eigenvalue weighted by Gasteiger charge is 2.22. The highest BCUT2D eigenvalue weighted by Crippen LogP contribution is 2.12. The summed E-state index contributed by atoms with van der Waals surface area (Å²) in [5.74, 6) is 0.478. The van der Waals surface area contributed by atoms with E-state index in [1.807, 2.05) is 10.8 Å². The maximum atomic E-state index is 11.9. The molecule has 0 unspecified atom stereocenters. The van der Waals surface area contributed by atoms with Crippen LogP contribution in [0.15, 0.2) is 12.4 Å². The maximum absolute atomic E-state index is 11.9. The molecule has 0 aliphatic carbocycles. The smallest absolute Gasteiger partial charge is 0.203 e. The zero-order chi connectivity index (χ0) is 11.4. The number of carbonyl (C=O) groups excluding carboxylic acids is 1. The molecule has 2 rings (SSSR count). The molecule has 1 fully saturated rings. The number of rotatable bonds is 5. The first-order chi connectivity index (χ1) is 7.81. The molecule has 1 aliphatic rings. The van der Waals surface area contributed by atoms with Crippen molar-refractivity contribution in [2.45, 2.75) is 32.6 Å². The minimum absolute atomic E-state index is 0.0228. The van der Waals surface area contributed by atoms with Crippen LogP contribution in [0.4, 0.5) is 0 Å². The van der Waals surface area contributed by atoms with E-state index in [2.05, 4.69) is 11.9 Å². The largest absolute Gasteiger partial charge is 0.350 e. The predicted octanol–water partition coefficient (Wildman–Crippen LogP) is 1.24. The van der Waals surface area contributed by atoms with Gasteiger partial charge in [0.05, 0.1) is 19.6 Å². The van der Waals surface area contributed by atoms with Gasteiger partial charge in [-0.05, 0) is 6.42 Å². The van der Waals surface area contributed by atoms with E-state index in [1.165, 1.54) is 0 Å². The number of carbonyl (C=O) groups is 1. The highest BCUT2D eigenvalue weighted by molar-refractivity contribution is 5.93. The molecule has 1 aromatic heterocycles. The van der Waals surface area contributed by atoms with Crippen molar-refractivity contribution in [3.8, 4) is 0 Å². The Balaban J connectivity index is 1.99. The molecule has 0 atom stereocenters. The number of nitrogens with zero attached hydrogens (tertiary/aromatic N) is 2. The van der Waals surface area contributed by atoms with Crippen LogP contribution in [0.1, 0.15) is 30.4 Å². The molecule has 0 saturated carbocycles. The lowest BCUT2D eigenvalue weighted by atomic mass is 10.2. The Morgan fingerprint density at radius 3 is 3.00 bits per heavy atom. The normalized spacial score (nSPS) is 16.8. The first-order valence-electron chi connectivity index (χ1n) is 5.58. The molecule has 2 heterocycles. The highest BCUT2D eigenvalue weighted by atomic mass is 16.7. The van der Waals surface area contributed by atoms with Gasteiger partial charge in [-0.2, -0.15) is 0 Å². The van der Waals surface area contributed by atoms with Crippen LogP contribution < -0.4 is 0 Å². The van der Waals surface area contributed by atoms with Gasteiger partial charge in [0.2, 0.25) is 5.78 Å². The van der Waals surface area contributed by atoms with Gasteiger partial charge in [-0.3, -0.25) is 4.79 Å². The van der Waals surface area contributed by atoms with Gasteiger partial charge in [-0.25, -0.2) is 4.98 Å². The third-order valence-electron chi connectivity index (χ3n) is 2.47. The summed E-state index contributed by atoms with van der Waals surface area (Å²) in [6.07, 6.45) is 4.32. The van der Waals surface area contributed by atoms with Gasteiger partial charge >= 0.3 is 0 Å². The Hall–Kier alpha value is -1.20. The lowest BCUT2D eigenvalue weighted by Gasteiger charge is -2.09. The fraction of sp³-hybridized carbons (Fsp3) is 0.636. The number of hydrogen-bond donors (Lipinski definition) is 0. The Morgan fingerprint density at radius 1 is 1.56 bits per heavy atom. The van der Waals surface area contributed by atoms with Crippen LogP contribution in [0.5, 0.6) is 0 Å². The third-order valence-corrected chi connectivity index (χ3v) is 2.47. The summed E-state index contributed by atoms with van der Waals surface area (Å²) in [6.45, 7) is 4.02. The van der Waals surface area contributed by atoms with Crippen molar-refractivity contribution in [2.24, 2.45) is 0 Å². The number of ketones is 1. The monoisotopic (exact) mass is 224 g/mol. The van der Waals surface area contributed by atoms with Crippen molar-refractivity contribution in [1.29, 1.82) is 0 Å². The van der Waals surface area contributed by atoms with Crippen molar-refractivity contribution in [1.82, 2.24) is 9.55 Å². The summed E-state index contributed by atoms with van der Waals surface area (Å²) in [4.78, 5) is 16.0. The number of imidazole rings is 1. The second kappa shape index (κ2) is 5.23. The van der Waals surface area contributed by atoms with E-state index in [0.29, 0.717) is 19.0 Å². The van der Waals surface area contributed by atoms with Gasteiger partial charge in [0.15, 0.2) is 12.1 Å². The molecule has 0 spiro atoms. The topological polar surface area (TPSA) is 53.4 Å². The van der Waals surface area contributed by atoms with Gasteiger partial charge in [0.1, 0.15) is 0 Å². The average Bonchev–Trinajstić information content (AvgIpc) is 2.89. The second-order valence-electron chi connectivity index (χ2n) is 3.74. The fourth-order valence-corrected chi connectivity index (χ4v) is 1.75. The number of hydrogen-bond acceptors (Lipinski definition) is 4. The SMILES string of the molecule is CCCn1ccnc1C(=O)CC1OCCO1. The van der Waals surface area contributed by atoms with E-state index >= 15 is 0 Å². The van der Waals surface area contributed by atoms with Crippen LogP contribution in [-0.2, 0) is 16.0 Å². The molecule has 5 heteroatoms. The van der Waals surface area contributed by atoms with Crippen molar-refractivity contribution >= 4 is 5.78 Å². The number of aromatic nitrogens is 2. The van der Waals surface area contributed by atoms with Gasteiger partial charge in [0, 0.05) is 18.9 Å². The van der Waals surface area contributed by atoms with E-state index in [-0.39, 0.29) is 18.5 Å². The zero-order valence-electron chi connectivity index (χ0n) is 9.39. The molecular formula is C11H16N2O3. The summed E-state index contributed by atoms with van der Waals surface area (Å²) in [5, 5.41) is 0. The average molecular weight is 224 g/mol. The minimum Gasteiger partial charge on any atom is -0.350 e. The molecule has 5 nitrogen and oxygen atoms in total. The summed E-state index contributed by atoms with van der Waals surface area (Å²) in [5.41, 5.74) is 0. The molecule has 1 saturated heterocycles. The van der Waals surface area contributed by atoms with Gasteiger partial charge in [-0.15, -0.1) is 0 Å². The Bertz CT molecular complexity index is 356. The molecule has 0 bridgehead atoms. The fourth-order valence-electron chi connectivity index (χ4n) is 1.75. The van der Waals surface area contributed by atoms with E-state index in [4.69, 9.17) is 9.47 Å². The number of aryl methyl sites for hydroxylation is 1. The molecule has 0 radical (unpaired) electrons. The maximum Gasteiger partial charge on any atom is 0.203 e. The van der Waals surface area contributed by atoms with Crippen molar-refractivity contribution in [2.75, 3.05) is 13.2 Å². The molecule has 0 amide bonds. The lowest BCUT2D eigenvalue weighted by Crippen LogP contribution is -2.18. The Labute approximate surface area is 94.4 Å². The molecule has 0 N–H and O–H groups in total. The second-order valence-corrected chi connectivity index (χ2v) is 3.74. The van der Waals surface area contributed by atoms with Crippen molar-refractivity contribution < 1.29 is 14.3 Å². The zero-order valence-corrected chi connectivity index (χ0v) is 9.39. The van der Waals surface area contributed by atoms with Crippen LogP contribution >= 0.6 is 0 Å². The van der Waals surface area contributed by atoms with Crippen LogP contribution in [0.25, 0.3) is 0 Å². The summed E-state index contributed by atoms with van der Waals surface area (Å²) >= 11 is 0. The van der Waals surface area contributed by atoms with E-state index in [1.54, 1.807) is 6.20 Å². The molecule has 1 aliphatic heterocycles. The molecule has 0 aromatic carbocycles. The minimum atomic E-state index is -0.390. The number of ether oxygens (including phenoxy) is 2. The predicted molar refractivity (Wildman–Crippen MR) is 57.2 cm³/mol. The first-order valence-corrected chi connectivity index (χ1v) is 5.58. The van der Waals surface area contributed by atoms with Crippen molar-refractivity contribution in [3.63, 3.8) is 0 Å². The molecular weight excluding hydrogens is 208 g/mol. The van der Waals surface area contributed by atoms with Gasteiger partial charge in [-0.1, -0.05) is 6.92 Å². The van der Waals surface area contributed by atoms with E-state index in [0.717, 1.165) is 13.0 Å². The molecule has 16 heavy (non-hydrogen) atoms. The quantitative estimate of drug-likeness (QED) is 0.706. The van der Waals surface area contributed by atoms with E-state index in [9.17, 15) is 4.79 Å². The van der Waals surface area contributed by atoms with Gasteiger partial charge < -0.3 is 14.0 Å². The Kier molecular flexibility index (Phi) is 3.69. The standard InChI is InChI=1S/C11H16N2O3/c1-2-4-13-5-3-12-11(13)9(14)8-10-15-6-7-16-10/h3,5,10H,2,4,6-8H2,1H3. The molecule has 88 valence electrons. The summed E-state index contributed by atoms with van der Waals surface area (Å²) in [6, 6.07) is 0. The van der Waals surface area contributed by atoms with Crippen LogP contribution in [0.3, 0.4) is 0 Å². The van der Waals surface area contributed by atoms with Crippen LogP contribution in [-0.4, -0.2) is 34.8 Å².